The standard InChI is InChI=1S/C11H18N6O2S/c1-4-10(11-12-8-14-17(11)5-2)15-20(18,19)9-6-13-16(3)7-9/h6-8,10,15H,4-5H2,1-3H3/t10-/m0/s1. The summed E-state index contributed by atoms with van der Waals surface area (Å²) in [6, 6.07) is -0.414. The highest BCUT2D eigenvalue weighted by Crippen LogP contribution is 2.17. The van der Waals surface area contributed by atoms with Crippen LogP contribution < -0.4 is 4.72 Å². The van der Waals surface area contributed by atoms with Gasteiger partial charge in [0.25, 0.3) is 0 Å². The second kappa shape index (κ2) is 5.71. The summed E-state index contributed by atoms with van der Waals surface area (Å²) in [6.07, 6.45) is 4.79. The topological polar surface area (TPSA) is 94.7 Å². The lowest BCUT2D eigenvalue weighted by Crippen LogP contribution is -2.30. The van der Waals surface area contributed by atoms with Crippen LogP contribution in [0.15, 0.2) is 23.6 Å². The Morgan fingerprint density at radius 1 is 1.35 bits per heavy atom. The summed E-state index contributed by atoms with van der Waals surface area (Å²) in [4.78, 5) is 4.29. The van der Waals surface area contributed by atoms with Gasteiger partial charge in [0, 0.05) is 19.8 Å². The first kappa shape index (κ1) is 14.7. The lowest BCUT2D eigenvalue weighted by atomic mass is 10.2. The minimum atomic E-state index is -3.62. The lowest BCUT2D eigenvalue weighted by Gasteiger charge is -2.16. The third kappa shape index (κ3) is 2.88. The summed E-state index contributed by atoms with van der Waals surface area (Å²) in [5.74, 6) is 0.613. The van der Waals surface area contributed by atoms with Crippen LogP contribution in [-0.2, 0) is 23.6 Å². The minimum Gasteiger partial charge on any atom is -0.274 e. The molecular formula is C11H18N6O2S. The highest BCUT2D eigenvalue weighted by atomic mass is 32.2. The first-order chi connectivity index (χ1) is 9.47. The van der Waals surface area contributed by atoms with Crippen molar-refractivity contribution in [3.05, 3.63) is 24.5 Å². The van der Waals surface area contributed by atoms with E-state index in [1.54, 1.807) is 11.7 Å². The predicted octanol–water partition coefficient (Wildman–Crippen LogP) is 0.461. The summed E-state index contributed by atoms with van der Waals surface area (Å²) in [5, 5.41) is 7.94. The maximum atomic E-state index is 12.3. The molecular weight excluding hydrogens is 280 g/mol. The SMILES string of the molecule is CC[C@H](NS(=O)(=O)c1cnn(C)c1)c1ncnn1CC. The summed E-state index contributed by atoms with van der Waals surface area (Å²) in [6.45, 7) is 4.46. The van der Waals surface area contributed by atoms with Gasteiger partial charge in [0.2, 0.25) is 10.0 Å². The predicted molar refractivity (Wildman–Crippen MR) is 72.3 cm³/mol. The molecule has 0 aromatic carbocycles. The molecule has 1 N–H and O–H groups in total. The van der Waals surface area contributed by atoms with E-state index in [9.17, 15) is 8.42 Å². The van der Waals surface area contributed by atoms with Crippen LogP contribution in [0.5, 0.6) is 0 Å². The first-order valence-electron chi connectivity index (χ1n) is 6.36. The van der Waals surface area contributed by atoms with Crippen molar-refractivity contribution >= 4 is 10.0 Å². The Morgan fingerprint density at radius 2 is 2.10 bits per heavy atom. The van der Waals surface area contributed by atoms with Crippen molar-refractivity contribution in [1.29, 1.82) is 0 Å². The van der Waals surface area contributed by atoms with Gasteiger partial charge in [-0.2, -0.15) is 10.2 Å². The van der Waals surface area contributed by atoms with Gasteiger partial charge in [-0.1, -0.05) is 6.92 Å². The molecule has 0 spiro atoms. The summed E-state index contributed by atoms with van der Waals surface area (Å²) >= 11 is 0. The Kier molecular flexibility index (Phi) is 4.19. The van der Waals surface area contributed by atoms with Crippen molar-refractivity contribution in [2.24, 2.45) is 7.05 Å². The molecule has 0 saturated carbocycles. The van der Waals surface area contributed by atoms with Crippen LogP contribution in [0.25, 0.3) is 0 Å². The summed E-state index contributed by atoms with van der Waals surface area (Å²) in [7, 11) is -1.95. The van der Waals surface area contributed by atoms with Crippen LogP contribution in [0.1, 0.15) is 32.1 Å². The fourth-order valence-corrected chi connectivity index (χ4v) is 3.16. The third-order valence-electron chi connectivity index (χ3n) is 2.95. The first-order valence-corrected chi connectivity index (χ1v) is 7.85. The zero-order chi connectivity index (χ0) is 14.8. The van der Waals surface area contributed by atoms with Crippen LogP contribution in [0, 0.1) is 0 Å². The molecule has 20 heavy (non-hydrogen) atoms. The van der Waals surface area contributed by atoms with Crippen molar-refractivity contribution in [1.82, 2.24) is 29.3 Å². The molecule has 2 aromatic heterocycles. The van der Waals surface area contributed by atoms with Crippen LogP contribution in [0.2, 0.25) is 0 Å². The van der Waals surface area contributed by atoms with Crippen LogP contribution in [-0.4, -0.2) is 33.0 Å². The van der Waals surface area contributed by atoms with E-state index in [4.69, 9.17) is 0 Å². The highest BCUT2D eigenvalue weighted by Gasteiger charge is 2.24. The second-order valence-electron chi connectivity index (χ2n) is 4.37. The van der Waals surface area contributed by atoms with Crippen molar-refractivity contribution < 1.29 is 8.42 Å². The van der Waals surface area contributed by atoms with Gasteiger partial charge >= 0.3 is 0 Å². The third-order valence-corrected chi connectivity index (χ3v) is 4.38. The smallest absolute Gasteiger partial charge is 0.244 e. The molecule has 0 saturated heterocycles. The quantitative estimate of drug-likeness (QED) is 0.836. The Balaban J connectivity index is 2.26. The maximum Gasteiger partial charge on any atom is 0.244 e. The molecule has 0 amide bonds. The molecule has 1 atom stereocenters. The maximum absolute atomic E-state index is 12.3. The molecule has 110 valence electrons. The molecule has 2 aromatic rings. The van der Waals surface area contributed by atoms with E-state index < -0.39 is 16.1 Å². The highest BCUT2D eigenvalue weighted by molar-refractivity contribution is 7.89. The second-order valence-corrected chi connectivity index (χ2v) is 6.08. The van der Waals surface area contributed by atoms with Crippen molar-refractivity contribution in [2.45, 2.75) is 37.8 Å². The Hall–Kier alpha value is -1.74. The number of hydrogen-bond acceptors (Lipinski definition) is 5. The largest absolute Gasteiger partial charge is 0.274 e. The summed E-state index contributed by atoms with van der Waals surface area (Å²) in [5.41, 5.74) is 0. The van der Waals surface area contributed by atoms with Gasteiger partial charge < -0.3 is 0 Å². The molecule has 9 heteroatoms. The van der Waals surface area contributed by atoms with Gasteiger partial charge in [-0.25, -0.2) is 22.8 Å². The van der Waals surface area contributed by atoms with Gasteiger partial charge in [0.05, 0.1) is 12.2 Å². The lowest BCUT2D eigenvalue weighted by molar-refractivity contribution is 0.503. The Morgan fingerprint density at radius 3 is 2.65 bits per heavy atom. The van der Waals surface area contributed by atoms with Gasteiger partial charge in [-0.05, 0) is 13.3 Å². The molecule has 0 unspecified atom stereocenters. The van der Waals surface area contributed by atoms with Gasteiger partial charge in [-0.3, -0.25) is 4.68 Å². The zero-order valence-electron chi connectivity index (χ0n) is 11.7. The van der Waals surface area contributed by atoms with Gasteiger partial charge in [0.1, 0.15) is 17.0 Å². The summed E-state index contributed by atoms with van der Waals surface area (Å²) < 4.78 is 30.3. The van der Waals surface area contributed by atoms with E-state index >= 15 is 0 Å². The number of hydrogen-bond donors (Lipinski definition) is 1. The van der Waals surface area contributed by atoms with Crippen LogP contribution in [0.3, 0.4) is 0 Å². The monoisotopic (exact) mass is 298 g/mol. The average Bonchev–Trinajstić information content (AvgIpc) is 3.04. The molecule has 0 fully saturated rings. The number of sulfonamides is 1. The molecule has 0 radical (unpaired) electrons. The normalized spacial score (nSPS) is 13.6. The van der Waals surface area contributed by atoms with Crippen molar-refractivity contribution in [2.75, 3.05) is 0 Å². The fraction of sp³-hybridized carbons (Fsp3) is 0.545. The molecule has 2 heterocycles. The average molecular weight is 298 g/mol. The number of rotatable bonds is 6. The fourth-order valence-electron chi connectivity index (χ4n) is 1.90. The number of aromatic nitrogens is 5. The van der Waals surface area contributed by atoms with E-state index in [0.717, 1.165) is 0 Å². The van der Waals surface area contributed by atoms with E-state index in [2.05, 4.69) is 19.9 Å². The molecule has 0 aliphatic rings. The van der Waals surface area contributed by atoms with Crippen molar-refractivity contribution in [3.8, 4) is 0 Å². The van der Waals surface area contributed by atoms with Crippen molar-refractivity contribution in [3.63, 3.8) is 0 Å². The zero-order valence-corrected chi connectivity index (χ0v) is 12.5. The molecule has 0 aliphatic carbocycles. The number of aryl methyl sites for hydroxylation is 2. The van der Waals surface area contributed by atoms with Crippen LogP contribution in [0.4, 0.5) is 0 Å². The van der Waals surface area contributed by atoms with Gasteiger partial charge in [0.15, 0.2) is 0 Å². The molecule has 0 aliphatic heterocycles. The minimum absolute atomic E-state index is 0.140. The molecule has 8 nitrogen and oxygen atoms in total. The molecule has 2 rings (SSSR count). The van der Waals surface area contributed by atoms with E-state index in [1.807, 2.05) is 13.8 Å². The van der Waals surface area contributed by atoms with Gasteiger partial charge in [-0.15, -0.1) is 0 Å². The van der Waals surface area contributed by atoms with E-state index in [-0.39, 0.29) is 4.90 Å². The van der Waals surface area contributed by atoms with Crippen LogP contribution >= 0.6 is 0 Å². The molecule has 0 bridgehead atoms. The van der Waals surface area contributed by atoms with E-state index in [1.165, 1.54) is 23.4 Å². The Labute approximate surface area is 117 Å². The number of nitrogens with one attached hydrogen (secondary N) is 1. The van der Waals surface area contributed by atoms with E-state index in [0.29, 0.717) is 18.8 Å². The Bertz CT molecular complexity index is 675. The number of nitrogens with zero attached hydrogens (tertiary/aromatic N) is 5.